The van der Waals surface area contributed by atoms with E-state index in [4.69, 9.17) is 16.3 Å². The van der Waals surface area contributed by atoms with Gasteiger partial charge in [-0.05, 0) is 26.0 Å². The molecule has 0 spiro atoms. The second-order valence-electron chi connectivity index (χ2n) is 4.54. The van der Waals surface area contributed by atoms with Gasteiger partial charge < -0.3 is 4.74 Å². The zero-order valence-corrected chi connectivity index (χ0v) is 11.9. The molecule has 0 heterocycles. The molecule has 0 aliphatic carbocycles. The Bertz CT molecular complexity index is 623. The molecule has 0 N–H and O–H groups in total. The van der Waals surface area contributed by atoms with Gasteiger partial charge in [0, 0.05) is 5.56 Å². The minimum Gasteiger partial charge on any atom is -0.479 e. The van der Waals surface area contributed by atoms with Crippen molar-refractivity contribution in [2.24, 2.45) is 0 Å². The Labute approximate surface area is 122 Å². The third-order valence-corrected chi connectivity index (χ3v) is 3.22. The zero-order chi connectivity index (χ0) is 14.7. The Morgan fingerprint density at radius 1 is 1.20 bits per heavy atom. The molecule has 104 valence electrons. The summed E-state index contributed by atoms with van der Waals surface area (Å²) >= 11 is 5.67. The molecule has 0 aliphatic rings. The molecule has 0 amide bonds. The molecule has 0 fully saturated rings. The van der Waals surface area contributed by atoms with E-state index in [2.05, 4.69) is 0 Å². The quantitative estimate of drug-likeness (QED) is 0.779. The first kappa shape index (κ1) is 14.5. The summed E-state index contributed by atoms with van der Waals surface area (Å²) in [5.41, 5.74) is 1.60. The molecule has 2 aromatic carbocycles. The minimum atomic E-state index is -0.786. The first-order valence-electron chi connectivity index (χ1n) is 6.20. The highest BCUT2D eigenvalue weighted by Gasteiger charge is 2.19. The number of rotatable bonds is 4. The van der Waals surface area contributed by atoms with Gasteiger partial charge >= 0.3 is 0 Å². The summed E-state index contributed by atoms with van der Waals surface area (Å²) in [5, 5.41) is -0.0301. The second-order valence-corrected chi connectivity index (χ2v) is 4.95. The lowest BCUT2D eigenvalue weighted by Crippen LogP contribution is -2.24. The monoisotopic (exact) mass is 292 g/mol. The summed E-state index contributed by atoms with van der Waals surface area (Å²) in [4.78, 5) is 12.2. The summed E-state index contributed by atoms with van der Waals surface area (Å²) < 4.78 is 19.1. The van der Waals surface area contributed by atoms with Crippen molar-refractivity contribution in [1.82, 2.24) is 0 Å². The van der Waals surface area contributed by atoms with E-state index < -0.39 is 11.9 Å². The third-order valence-electron chi connectivity index (χ3n) is 2.93. The van der Waals surface area contributed by atoms with Crippen LogP contribution in [0.4, 0.5) is 4.39 Å². The highest BCUT2D eigenvalue weighted by Crippen LogP contribution is 2.25. The van der Waals surface area contributed by atoms with E-state index in [0.717, 1.165) is 5.56 Å². The Morgan fingerprint density at radius 3 is 2.50 bits per heavy atom. The fraction of sp³-hybridized carbons (Fsp3) is 0.188. The van der Waals surface area contributed by atoms with Crippen molar-refractivity contribution in [3.05, 3.63) is 64.4 Å². The predicted molar refractivity (Wildman–Crippen MR) is 77.0 cm³/mol. The van der Waals surface area contributed by atoms with Crippen LogP contribution in [0.2, 0.25) is 5.02 Å². The van der Waals surface area contributed by atoms with Crippen LogP contribution >= 0.6 is 11.6 Å². The van der Waals surface area contributed by atoms with Crippen LogP contribution in [0, 0.1) is 12.7 Å². The molecular formula is C16H14ClFO2. The normalized spacial score (nSPS) is 12.0. The van der Waals surface area contributed by atoms with Crippen molar-refractivity contribution >= 4 is 17.4 Å². The Morgan fingerprint density at radius 2 is 1.85 bits per heavy atom. The van der Waals surface area contributed by atoms with Gasteiger partial charge in [-0.15, -0.1) is 0 Å². The van der Waals surface area contributed by atoms with Crippen LogP contribution in [0.3, 0.4) is 0 Å². The number of halogens is 2. The maximum Gasteiger partial charge on any atom is 0.202 e. The maximum atomic E-state index is 13.7. The van der Waals surface area contributed by atoms with Gasteiger partial charge in [0.15, 0.2) is 17.7 Å². The number of hydrogen-bond donors (Lipinski definition) is 0. The van der Waals surface area contributed by atoms with Crippen molar-refractivity contribution in [1.29, 1.82) is 0 Å². The van der Waals surface area contributed by atoms with E-state index in [1.807, 2.05) is 19.1 Å². The van der Waals surface area contributed by atoms with Gasteiger partial charge in [0.1, 0.15) is 0 Å². The molecule has 0 bridgehead atoms. The third kappa shape index (κ3) is 3.17. The van der Waals surface area contributed by atoms with Crippen LogP contribution < -0.4 is 4.74 Å². The van der Waals surface area contributed by atoms with Gasteiger partial charge in [0.2, 0.25) is 5.78 Å². The van der Waals surface area contributed by atoms with Crippen molar-refractivity contribution < 1.29 is 13.9 Å². The number of ether oxygens (including phenoxy) is 1. The number of Topliss-reactive ketones (excluding diaryl/α,β-unsaturated/α-hetero) is 1. The van der Waals surface area contributed by atoms with Gasteiger partial charge in [0.25, 0.3) is 0 Å². The molecule has 0 radical (unpaired) electrons. The molecule has 2 aromatic rings. The van der Waals surface area contributed by atoms with Gasteiger partial charge in [0.05, 0.1) is 5.02 Å². The summed E-state index contributed by atoms with van der Waals surface area (Å²) in [6, 6.07) is 11.6. The lowest BCUT2D eigenvalue weighted by molar-refractivity contribution is 0.0812. The summed E-state index contributed by atoms with van der Waals surface area (Å²) in [6.07, 6.45) is -0.786. The molecule has 20 heavy (non-hydrogen) atoms. The van der Waals surface area contributed by atoms with E-state index in [9.17, 15) is 9.18 Å². The fourth-order valence-electron chi connectivity index (χ4n) is 1.77. The average molecular weight is 293 g/mol. The zero-order valence-electron chi connectivity index (χ0n) is 11.2. The Balaban J connectivity index is 2.15. The Hall–Kier alpha value is -1.87. The average Bonchev–Trinajstić information content (AvgIpc) is 2.44. The largest absolute Gasteiger partial charge is 0.479 e. The summed E-state index contributed by atoms with van der Waals surface area (Å²) in [7, 11) is 0. The van der Waals surface area contributed by atoms with Crippen LogP contribution in [0.5, 0.6) is 5.75 Å². The number of ketones is 1. The van der Waals surface area contributed by atoms with Crippen LogP contribution in [0.15, 0.2) is 42.5 Å². The maximum absolute atomic E-state index is 13.7. The van der Waals surface area contributed by atoms with E-state index >= 15 is 0 Å². The van der Waals surface area contributed by atoms with Gasteiger partial charge in [-0.1, -0.05) is 47.5 Å². The second kappa shape index (κ2) is 6.06. The Kier molecular flexibility index (Phi) is 4.40. The SMILES string of the molecule is Cc1ccc(C(=O)C(C)Oc2cccc(Cl)c2F)cc1. The van der Waals surface area contributed by atoms with Gasteiger partial charge in [-0.25, -0.2) is 4.39 Å². The van der Waals surface area contributed by atoms with E-state index in [1.165, 1.54) is 12.1 Å². The first-order chi connectivity index (χ1) is 9.49. The highest BCUT2D eigenvalue weighted by molar-refractivity contribution is 6.30. The number of hydrogen-bond acceptors (Lipinski definition) is 2. The number of aryl methyl sites for hydroxylation is 1. The van der Waals surface area contributed by atoms with Crippen molar-refractivity contribution in [3.8, 4) is 5.75 Å². The van der Waals surface area contributed by atoms with Gasteiger partial charge in [-0.3, -0.25) is 4.79 Å². The molecule has 0 saturated heterocycles. The molecular weight excluding hydrogens is 279 g/mol. The highest BCUT2D eigenvalue weighted by atomic mass is 35.5. The number of carbonyl (C=O) groups is 1. The van der Waals surface area contributed by atoms with Crippen LogP contribution in [0.25, 0.3) is 0 Å². The molecule has 0 aromatic heterocycles. The minimum absolute atomic E-state index is 0.0227. The number of carbonyl (C=O) groups excluding carboxylic acids is 1. The van der Waals surface area contributed by atoms with E-state index in [0.29, 0.717) is 5.56 Å². The molecule has 0 saturated carbocycles. The molecule has 1 atom stereocenters. The van der Waals surface area contributed by atoms with E-state index in [1.54, 1.807) is 25.1 Å². The van der Waals surface area contributed by atoms with Crippen molar-refractivity contribution in [2.75, 3.05) is 0 Å². The lowest BCUT2D eigenvalue weighted by atomic mass is 10.1. The molecule has 2 nitrogen and oxygen atoms in total. The predicted octanol–water partition coefficient (Wildman–Crippen LogP) is 4.44. The molecule has 2 rings (SSSR count). The first-order valence-corrected chi connectivity index (χ1v) is 6.58. The lowest BCUT2D eigenvalue weighted by Gasteiger charge is -2.14. The molecule has 1 unspecified atom stereocenters. The molecule has 4 heteroatoms. The van der Waals surface area contributed by atoms with Crippen LogP contribution in [-0.2, 0) is 0 Å². The molecule has 0 aliphatic heterocycles. The van der Waals surface area contributed by atoms with E-state index in [-0.39, 0.29) is 16.6 Å². The topological polar surface area (TPSA) is 26.3 Å². The summed E-state index contributed by atoms with van der Waals surface area (Å²) in [6.45, 7) is 3.53. The standard InChI is InChI=1S/C16H14ClFO2/c1-10-6-8-12(9-7-10)16(19)11(2)20-14-5-3-4-13(17)15(14)18/h3-9,11H,1-2H3. The van der Waals surface area contributed by atoms with Gasteiger partial charge in [-0.2, -0.15) is 0 Å². The summed E-state index contributed by atoms with van der Waals surface area (Å²) in [5.74, 6) is -0.882. The van der Waals surface area contributed by atoms with Crippen molar-refractivity contribution in [2.45, 2.75) is 20.0 Å². The van der Waals surface area contributed by atoms with Crippen LogP contribution in [0.1, 0.15) is 22.8 Å². The van der Waals surface area contributed by atoms with Crippen molar-refractivity contribution in [3.63, 3.8) is 0 Å². The number of benzene rings is 2. The smallest absolute Gasteiger partial charge is 0.202 e. The van der Waals surface area contributed by atoms with Crippen LogP contribution in [-0.4, -0.2) is 11.9 Å². The fourth-order valence-corrected chi connectivity index (χ4v) is 1.94.